The van der Waals surface area contributed by atoms with Crippen LogP contribution in [0.25, 0.3) is 0 Å². The third-order valence-electron chi connectivity index (χ3n) is 1.01. The zero-order valence-corrected chi connectivity index (χ0v) is 6.54. The van der Waals surface area contributed by atoms with Gasteiger partial charge >= 0.3 is 0 Å². The number of pyridine rings is 1. The Morgan fingerprint density at radius 2 is 2.20 bits per heavy atom. The van der Waals surface area contributed by atoms with E-state index in [0.717, 1.165) is 0 Å². The lowest BCUT2D eigenvalue weighted by atomic mass is 10.4. The van der Waals surface area contributed by atoms with Crippen LogP contribution in [-0.4, -0.2) is 4.98 Å². The minimum atomic E-state index is -0.126. The third kappa shape index (κ3) is 1.75. The molecule has 0 spiro atoms. The van der Waals surface area contributed by atoms with Crippen molar-refractivity contribution in [2.24, 2.45) is 0 Å². The van der Waals surface area contributed by atoms with Crippen molar-refractivity contribution in [3.63, 3.8) is 0 Å². The van der Waals surface area contributed by atoms with Gasteiger partial charge in [-0.2, -0.15) is 0 Å². The molecule has 0 amide bonds. The minimum absolute atomic E-state index is 0.126. The Hall–Kier alpha value is -0.470. The molecule has 0 saturated heterocycles. The molecule has 0 unspecified atom stereocenters. The van der Waals surface area contributed by atoms with Gasteiger partial charge < -0.3 is 4.98 Å². The summed E-state index contributed by atoms with van der Waals surface area (Å²) >= 11 is 11.0. The first-order valence-electron chi connectivity index (χ1n) is 2.67. The standard InChI is InChI=1S/C6H5Cl2NO/c7-3-4-1-5(10)2-6(8)9-4/h1-2H,3H2,(H,9,10). The zero-order chi connectivity index (χ0) is 7.56. The Balaban J connectivity index is 3.19. The van der Waals surface area contributed by atoms with Crippen molar-refractivity contribution in [2.45, 2.75) is 5.88 Å². The molecule has 0 bridgehead atoms. The molecule has 4 heteroatoms. The molecule has 1 N–H and O–H groups in total. The number of hydrogen-bond donors (Lipinski definition) is 1. The maximum absolute atomic E-state index is 10.7. The largest absolute Gasteiger partial charge is 0.348 e. The van der Waals surface area contributed by atoms with Gasteiger partial charge in [0.15, 0.2) is 5.43 Å². The van der Waals surface area contributed by atoms with Gasteiger partial charge in [-0.25, -0.2) is 0 Å². The highest BCUT2D eigenvalue weighted by Crippen LogP contribution is 2.02. The topological polar surface area (TPSA) is 32.9 Å². The Kier molecular flexibility index (Phi) is 2.35. The van der Waals surface area contributed by atoms with Crippen molar-refractivity contribution in [1.82, 2.24) is 4.98 Å². The monoisotopic (exact) mass is 177 g/mol. The highest BCUT2D eigenvalue weighted by atomic mass is 35.5. The Bertz CT molecular complexity index is 281. The number of H-pyrrole nitrogens is 1. The van der Waals surface area contributed by atoms with Gasteiger partial charge in [-0.1, -0.05) is 11.6 Å². The second-order valence-corrected chi connectivity index (χ2v) is 2.50. The summed E-state index contributed by atoms with van der Waals surface area (Å²) in [5, 5.41) is 0.322. The second kappa shape index (κ2) is 3.08. The van der Waals surface area contributed by atoms with E-state index in [-0.39, 0.29) is 11.3 Å². The smallest absolute Gasteiger partial charge is 0.183 e. The van der Waals surface area contributed by atoms with Crippen molar-refractivity contribution in [3.8, 4) is 0 Å². The van der Waals surface area contributed by atoms with Gasteiger partial charge in [-0.3, -0.25) is 4.79 Å². The third-order valence-corrected chi connectivity index (χ3v) is 1.50. The Morgan fingerprint density at radius 1 is 1.50 bits per heavy atom. The highest BCUT2D eigenvalue weighted by molar-refractivity contribution is 6.29. The minimum Gasteiger partial charge on any atom is -0.348 e. The molecule has 0 aliphatic heterocycles. The van der Waals surface area contributed by atoms with E-state index in [1.54, 1.807) is 0 Å². The van der Waals surface area contributed by atoms with E-state index in [1.807, 2.05) is 0 Å². The van der Waals surface area contributed by atoms with Crippen molar-refractivity contribution in [2.75, 3.05) is 0 Å². The van der Waals surface area contributed by atoms with Crippen LogP contribution in [0.1, 0.15) is 5.69 Å². The van der Waals surface area contributed by atoms with Crippen LogP contribution in [0.15, 0.2) is 16.9 Å². The molecule has 1 heterocycles. The summed E-state index contributed by atoms with van der Waals surface area (Å²) in [6.07, 6.45) is 0. The van der Waals surface area contributed by atoms with Gasteiger partial charge in [0.2, 0.25) is 0 Å². The SMILES string of the molecule is O=c1cc(Cl)[nH]c(CCl)c1. The van der Waals surface area contributed by atoms with E-state index in [2.05, 4.69) is 4.98 Å². The summed E-state index contributed by atoms with van der Waals surface area (Å²) < 4.78 is 0. The maximum Gasteiger partial charge on any atom is 0.183 e. The molecular weight excluding hydrogens is 173 g/mol. The molecule has 0 radical (unpaired) electrons. The fourth-order valence-electron chi connectivity index (χ4n) is 0.636. The summed E-state index contributed by atoms with van der Waals surface area (Å²) in [5.74, 6) is 0.274. The lowest BCUT2D eigenvalue weighted by Gasteiger charge is -1.94. The molecule has 0 fully saturated rings. The Labute approximate surface area is 67.8 Å². The van der Waals surface area contributed by atoms with Gasteiger partial charge in [-0.15, -0.1) is 11.6 Å². The predicted octanol–water partition coefficient (Wildman–Crippen LogP) is 1.77. The van der Waals surface area contributed by atoms with Gasteiger partial charge in [0.1, 0.15) is 5.15 Å². The van der Waals surface area contributed by atoms with Crippen molar-refractivity contribution in [3.05, 3.63) is 33.2 Å². The molecule has 1 aromatic heterocycles. The first-order chi connectivity index (χ1) is 4.72. The van der Waals surface area contributed by atoms with E-state index < -0.39 is 0 Å². The maximum atomic E-state index is 10.7. The van der Waals surface area contributed by atoms with Crippen LogP contribution in [-0.2, 0) is 5.88 Å². The lowest BCUT2D eigenvalue weighted by molar-refractivity contribution is 1.16. The number of alkyl halides is 1. The van der Waals surface area contributed by atoms with Crippen molar-refractivity contribution < 1.29 is 0 Å². The summed E-state index contributed by atoms with van der Waals surface area (Å²) in [7, 11) is 0. The van der Waals surface area contributed by atoms with E-state index in [4.69, 9.17) is 23.2 Å². The molecule has 1 aromatic rings. The van der Waals surface area contributed by atoms with Gasteiger partial charge in [-0.05, 0) is 0 Å². The Morgan fingerprint density at radius 3 is 2.70 bits per heavy atom. The van der Waals surface area contributed by atoms with Crippen LogP contribution in [0.5, 0.6) is 0 Å². The molecule has 0 aromatic carbocycles. The molecule has 0 atom stereocenters. The van der Waals surface area contributed by atoms with E-state index in [1.165, 1.54) is 12.1 Å². The summed E-state index contributed by atoms with van der Waals surface area (Å²) in [4.78, 5) is 13.4. The molecular formula is C6H5Cl2NO. The molecule has 1 rings (SSSR count). The molecule has 54 valence electrons. The first kappa shape index (κ1) is 7.63. The molecule has 0 saturated carbocycles. The first-order valence-corrected chi connectivity index (χ1v) is 3.58. The van der Waals surface area contributed by atoms with Gasteiger partial charge in [0.05, 0.1) is 5.88 Å². The van der Waals surface area contributed by atoms with E-state index in [9.17, 15) is 4.79 Å². The number of aromatic amines is 1. The number of halogens is 2. The van der Waals surface area contributed by atoms with Crippen molar-refractivity contribution >= 4 is 23.2 Å². The quantitative estimate of drug-likeness (QED) is 0.515. The molecule has 10 heavy (non-hydrogen) atoms. The summed E-state index contributed by atoms with van der Waals surface area (Å²) in [6.45, 7) is 0. The molecule has 2 nitrogen and oxygen atoms in total. The normalized spacial score (nSPS) is 9.80. The number of nitrogens with one attached hydrogen (secondary N) is 1. The average Bonchev–Trinajstić information content (AvgIpc) is 1.85. The van der Waals surface area contributed by atoms with E-state index in [0.29, 0.717) is 10.8 Å². The lowest BCUT2D eigenvalue weighted by Crippen LogP contribution is -2.00. The average molecular weight is 178 g/mol. The fourth-order valence-corrected chi connectivity index (χ4v) is 1.01. The predicted molar refractivity (Wildman–Crippen MR) is 41.6 cm³/mol. The van der Waals surface area contributed by atoms with Crippen LogP contribution >= 0.6 is 23.2 Å². The van der Waals surface area contributed by atoms with Crippen LogP contribution in [0.4, 0.5) is 0 Å². The number of hydrogen-bond acceptors (Lipinski definition) is 1. The number of rotatable bonds is 1. The number of aromatic nitrogens is 1. The zero-order valence-electron chi connectivity index (χ0n) is 5.03. The summed E-state index contributed by atoms with van der Waals surface area (Å²) in [5.41, 5.74) is 0.513. The van der Waals surface area contributed by atoms with Crippen LogP contribution < -0.4 is 5.43 Å². The second-order valence-electron chi connectivity index (χ2n) is 1.82. The molecule has 0 aliphatic carbocycles. The molecule has 0 aliphatic rings. The fraction of sp³-hybridized carbons (Fsp3) is 0.167. The highest BCUT2D eigenvalue weighted by Gasteiger charge is 1.93. The van der Waals surface area contributed by atoms with E-state index >= 15 is 0 Å². The van der Waals surface area contributed by atoms with Crippen LogP contribution in [0.3, 0.4) is 0 Å². The van der Waals surface area contributed by atoms with Crippen LogP contribution in [0.2, 0.25) is 5.15 Å². The summed E-state index contributed by atoms with van der Waals surface area (Å²) in [6, 6.07) is 2.72. The van der Waals surface area contributed by atoms with Gasteiger partial charge in [0, 0.05) is 17.8 Å². The van der Waals surface area contributed by atoms with Gasteiger partial charge in [0.25, 0.3) is 0 Å². The van der Waals surface area contributed by atoms with Crippen LogP contribution in [0, 0.1) is 0 Å². The van der Waals surface area contributed by atoms with Crippen molar-refractivity contribution in [1.29, 1.82) is 0 Å².